The van der Waals surface area contributed by atoms with Crippen molar-refractivity contribution in [1.29, 1.82) is 0 Å². The van der Waals surface area contributed by atoms with E-state index in [1.54, 1.807) is 0 Å². The second-order valence-electron chi connectivity index (χ2n) is 9.23. The number of benzene rings is 4. The van der Waals surface area contributed by atoms with Crippen molar-refractivity contribution in [2.75, 3.05) is 9.62 Å². The highest BCUT2D eigenvalue weighted by Crippen LogP contribution is 2.50. The minimum absolute atomic E-state index is 0.0696. The summed E-state index contributed by atoms with van der Waals surface area (Å²) in [5.41, 5.74) is 6.26. The summed E-state index contributed by atoms with van der Waals surface area (Å²) in [5.74, 6) is 0.986. The first-order valence-electron chi connectivity index (χ1n) is 12.5. The Kier molecular flexibility index (Phi) is 6.00. The van der Waals surface area contributed by atoms with Crippen molar-refractivity contribution in [2.45, 2.75) is 18.9 Å². The van der Waals surface area contributed by atoms with Crippen LogP contribution in [0.4, 0.5) is 11.5 Å². The second-order valence-corrected chi connectivity index (χ2v) is 9.23. The van der Waals surface area contributed by atoms with Crippen molar-refractivity contribution in [1.82, 2.24) is 4.98 Å². The molecule has 1 fully saturated rings. The van der Waals surface area contributed by atoms with Gasteiger partial charge in [-0.1, -0.05) is 115 Å². The van der Waals surface area contributed by atoms with E-state index < -0.39 is 0 Å². The van der Waals surface area contributed by atoms with Crippen LogP contribution in [-0.4, -0.2) is 12.0 Å². The van der Waals surface area contributed by atoms with E-state index >= 15 is 0 Å². The fourth-order valence-electron chi connectivity index (χ4n) is 5.64. The number of pyridine rings is 1. The third kappa shape index (κ3) is 3.95. The van der Waals surface area contributed by atoms with E-state index in [2.05, 4.69) is 144 Å². The van der Waals surface area contributed by atoms with E-state index in [4.69, 9.17) is 4.98 Å². The van der Waals surface area contributed by atoms with Crippen LogP contribution in [-0.2, 0) is 0 Å². The summed E-state index contributed by atoms with van der Waals surface area (Å²) < 4.78 is 0. The first kappa shape index (κ1) is 22.2. The molecule has 0 bridgehead atoms. The summed E-state index contributed by atoms with van der Waals surface area (Å²) in [6, 6.07) is 47.6. The Morgan fingerprint density at radius 3 is 1.69 bits per heavy atom. The first-order valence-corrected chi connectivity index (χ1v) is 12.5. The topological polar surface area (TPSA) is 19.4 Å². The molecule has 0 N–H and O–H groups in total. The molecule has 1 aliphatic heterocycles. The Bertz CT molecular complexity index is 1410. The van der Waals surface area contributed by atoms with Gasteiger partial charge in [-0.15, -0.1) is 0 Å². The average molecular weight is 465 g/mol. The smallest absolute Gasteiger partial charge is 0.374 e. The predicted octanol–water partition coefficient (Wildman–Crippen LogP) is 7.68. The lowest BCUT2D eigenvalue weighted by molar-refractivity contribution is 0.616. The standard InChI is InChI=1S/C32H28BN3/c1-33-35(29-22-12-11-21-28(29)25-15-5-2-6-16-25)31(26-17-7-3-8-18-26)32(27-19-9-4-10-20-27)36(33)30-23-13-14-24-34-30/h2-24,31-32H,1H3/t31-,32-/m0/s1. The third-order valence-electron chi connectivity index (χ3n) is 7.17. The highest BCUT2D eigenvalue weighted by atomic mass is 15.4. The van der Waals surface area contributed by atoms with Crippen LogP contribution in [0.2, 0.25) is 6.82 Å². The minimum Gasteiger partial charge on any atom is -0.387 e. The van der Waals surface area contributed by atoms with Crippen LogP contribution < -0.4 is 9.62 Å². The lowest BCUT2D eigenvalue weighted by Gasteiger charge is -2.33. The van der Waals surface area contributed by atoms with Crippen LogP contribution in [0.5, 0.6) is 0 Å². The largest absolute Gasteiger partial charge is 0.387 e. The molecule has 4 aromatic carbocycles. The highest BCUT2D eigenvalue weighted by Gasteiger charge is 2.50. The molecule has 1 saturated heterocycles. The van der Waals surface area contributed by atoms with Crippen molar-refractivity contribution in [3.63, 3.8) is 0 Å². The average Bonchev–Trinajstić information content (AvgIpc) is 3.27. The maximum Gasteiger partial charge on any atom is 0.374 e. The fourth-order valence-corrected chi connectivity index (χ4v) is 5.64. The number of para-hydroxylation sites is 1. The van der Waals surface area contributed by atoms with E-state index in [1.807, 2.05) is 12.3 Å². The number of rotatable bonds is 5. The molecular weight excluding hydrogens is 437 g/mol. The molecule has 36 heavy (non-hydrogen) atoms. The van der Waals surface area contributed by atoms with Gasteiger partial charge < -0.3 is 9.62 Å². The van der Waals surface area contributed by atoms with Crippen LogP contribution in [0.3, 0.4) is 0 Å². The Labute approximate surface area is 213 Å². The molecule has 6 rings (SSSR count). The highest BCUT2D eigenvalue weighted by molar-refractivity contribution is 6.67. The van der Waals surface area contributed by atoms with Crippen molar-refractivity contribution in [2.24, 2.45) is 0 Å². The lowest BCUT2D eigenvalue weighted by atomic mass is 9.75. The van der Waals surface area contributed by atoms with Gasteiger partial charge in [0.25, 0.3) is 0 Å². The second kappa shape index (κ2) is 9.75. The van der Waals surface area contributed by atoms with E-state index in [0.29, 0.717) is 0 Å². The number of aromatic nitrogens is 1. The van der Waals surface area contributed by atoms with Crippen LogP contribution in [0.25, 0.3) is 11.1 Å². The Morgan fingerprint density at radius 2 is 1.08 bits per heavy atom. The van der Waals surface area contributed by atoms with Gasteiger partial charge in [-0.05, 0) is 41.7 Å². The molecule has 0 amide bonds. The normalized spacial score (nSPS) is 17.4. The van der Waals surface area contributed by atoms with E-state index in [-0.39, 0.29) is 19.1 Å². The zero-order valence-corrected chi connectivity index (χ0v) is 20.4. The molecule has 4 heteroatoms. The van der Waals surface area contributed by atoms with Gasteiger partial charge in [-0.3, -0.25) is 0 Å². The van der Waals surface area contributed by atoms with Gasteiger partial charge in [0.05, 0.1) is 12.1 Å². The predicted molar refractivity (Wildman–Crippen MR) is 151 cm³/mol. The van der Waals surface area contributed by atoms with Crippen molar-refractivity contribution < 1.29 is 0 Å². The summed E-state index contributed by atoms with van der Waals surface area (Å²) >= 11 is 0. The molecule has 2 heterocycles. The summed E-state index contributed by atoms with van der Waals surface area (Å²) in [6.07, 6.45) is 1.89. The SMILES string of the molecule is CB1N(c2ccccn2)[C@@H](c2ccccc2)[C@H](c2ccccc2)N1c1ccccc1-c1ccccc1. The van der Waals surface area contributed by atoms with Gasteiger partial charge in [0, 0.05) is 17.4 Å². The van der Waals surface area contributed by atoms with Crippen LogP contribution >= 0.6 is 0 Å². The molecule has 0 spiro atoms. The number of nitrogens with zero attached hydrogens (tertiary/aromatic N) is 3. The molecule has 0 aliphatic carbocycles. The molecule has 0 saturated carbocycles. The summed E-state index contributed by atoms with van der Waals surface area (Å²) in [7, 11) is 0. The number of hydrogen-bond donors (Lipinski definition) is 0. The van der Waals surface area contributed by atoms with Gasteiger partial charge in [0.1, 0.15) is 5.82 Å². The van der Waals surface area contributed by atoms with Crippen molar-refractivity contribution in [3.8, 4) is 11.1 Å². The molecule has 3 nitrogen and oxygen atoms in total. The molecule has 1 aliphatic rings. The Balaban J connectivity index is 1.60. The van der Waals surface area contributed by atoms with E-state index in [1.165, 1.54) is 27.9 Å². The third-order valence-corrected chi connectivity index (χ3v) is 7.17. The van der Waals surface area contributed by atoms with Gasteiger partial charge in [-0.2, -0.15) is 0 Å². The minimum atomic E-state index is 0.0696. The maximum atomic E-state index is 4.82. The van der Waals surface area contributed by atoms with Gasteiger partial charge >= 0.3 is 6.98 Å². The zero-order valence-electron chi connectivity index (χ0n) is 20.4. The molecular formula is C32H28BN3. The van der Waals surface area contributed by atoms with Crippen LogP contribution in [0.1, 0.15) is 23.2 Å². The first-order chi connectivity index (χ1) is 17.8. The molecule has 0 unspecified atom stereocenters. The van der Waals surface area contributed by atoms with E-state index in [9.17, 15) is 0 Å². The molecule has 0 radical (unpaired) electrons. The summed E-state index contributed by atoms with van der Waals surface area (Å²) in [4.78, 5) is 9.89. The Morgan fingerprint density at radius 1 is 0.556 bits per heavy atom. The Hall–Kier alpha value is -4.31. The van der Waals surface area contributed by atoms with Crippen LogP contribution in [0.15, 0.2) is 140 Å². The lowest BCUT2D eigenvalue weighted by Crippen LogP contribution is -2.42. The molecule has 2 atom stereocenters. The maximum absolute atomic E-state index is 4.82. The summed E-state index contributed by atoms with van der Waals surface area (Å²) in [6.45, 7) is 2.37. The number of anilines is 2. The van der Waals surface area contributed by atoms with E-state index in [0.717, 1.165) is 5.82 Å². The zero-order chi connectivity index (χ0) is 24.3. The van der Waals surface area contributed by atoms with Crippen LogP contribution in [0, 0.1) is 0 Å². The molecule has 174 valence electrons. The van der Waals surface area contributed by atoms with Crippen molar-refractivity contribution >= 4 is 18.5 Å². The molecule has 1 aromatic heterocycles. The van der Waals surface area contributed by atoms with Crippen molar-refractivity contribution in [3.05, 3.63) is 151 Å². The molecule has 5 aromatic rings. The summed E-state index contributed by atoms with van der Waals surface area (Å²) in [5, 5.41) is 0. The monoisotopic (exact) mass is 465 g/mol. The quantitative estimate of drug-likeness (QED) is 0.248. The van der Waals surface area contributed by atoms with Gasteiger partial charge in [-0.25, -0.2) is 4.98 Å². The number of hydrogen-bond acceptors (Lipinski definition) is 3. The fraction of sp³-hybridized carbons (Fsp3) is 0.0938. The van der Waals surface area contributed by atoms with Gasteiger partial charge in [0.15, 0.2) is 0 Å². The van der Waals surface area contributed by atoms with Gasteiger partial charge in [0.2, 0.25) is 0 Å².